The Morgan fingerprint density at radius 1 is 1.08 bits per heavy atom. The standard InChI is InChI=1S/C18H24N6/c19-18-21-11-15-13-23(10-6-16(15)22-18)12-14-5-4-7-20-17(14)24-8-2-1-3-9-24/h4-5,7,11H,1-3,6,8-10,12-13H2,(H2,19,21,22). The van der Waals surface area contributed by atoms with E-state index in [1.54, 1.807) is 0 Å². The summed E-state index contributed by atoms with van der Waals surface area (Å²) in [5.41, 5.74) is 9.30. The summed E-state index contributed by atoms with van der Waals surface area (Å²) in [5, 5.41) is 0. The molecule has 2 aliphatic rings. The van der Waals surface area contributed by atoms with Crippen LogP contribution in [0.1, 0.15) is 36.1 Å². The third kappa shape index (κ3) is 3.19. The van der Waals surface area contributed by atoms with Crippen molar-refractivity contribution in [2.75, 3.05) is 30.3 Å². The zero-order valence-corrected chi connectivity index (χ0v) is 14.0. The Balaban J connectivity index is 1.51. The molecule has 0 radical (unpaired) electrons. The Morgan fingerprint density at radius 2 is 1.96 bits per heavy atom. The summed E-state index contributed by atoms with van der Waals surface area (Å²) in [6.07, 6.45) is 8.60. The molecule has 1 saturated heterocycles. The van der Waals surface area contributed by atoms with Crippen LogP contribution in [0.4, 0.5) is 11.8 Å². The van der Waals surface area contributed by atoms with E-state index in [1.165, 1.54) is 30.4 Å². The quantitative estimate of drug-likeness (QED) is 0.931. The topological polar surface area (TPSA) is 71.2 Å². The summed E-state index contributed by atoms with van der Waals surface area (Å²) >= 11 is 0. The smallest absolute Gasteiger partial charge is 0.220 e. The highest BCUT2D eigenvalue weighted by Crippen LogP contribution is 2.25. The molecule has 2 aliphatic heterocycles. The highest BCUT2D eigenvalue weighted by atomic mass is 15.2. The van der Waals surface area contributed by atoms with E-state index >= 15 is 0 Å². The monoisotopic (exact) mass is 324 g/mol. The second kappa shape index (κ2) is 6.73. The van der Waals surface area contributed by atoms with Crippen molar-refractivity contribution < 1.29 is 0 Å². The van der Waals surface area contributed by atoms with Gasteiger partial charge >= 0.3 is 0 Å². The maximum Gasteiger partial charge on any atom is 0.220 e. The van der Waals surface area contributed by atoms with Crippen molar-refractivity contribution in [2.45, 2.75) is 38.8 Å². The van der Waals surface area contributed by atoms with Gasteiger partial charge < -0.3 is 10.6 Å². The van der Waals surface area contributed by atoms with Crippen LogP contribution in [-0.2, 0) is 19.5 Å². The number of piperidine rings is 1. The summed E-state index contributed by atoms with van der Waals surface area (Å²) in [7, 11) is 0. The van der Waals surface area contributed by atoms with Gasteiger partial charge in [-0.3, -0.25) is 4.90 Å². The number of nitrogen functional groups attached to an aromatic ring is 1. The van der Waals surface area contributed by atoms with Gasteiger partial charge in [-0.15, -0.1) is 0 Å². The van der Waals surface area contributed by atoms with Crippen molar-refractivity contribution >= 4 is 11.8 Å². The molecule has 0 amide bonds. The Morgan fingerprint density at radius 3 is 2.83 bits per heavy atom. The molecule has 6 heteroatoms. The van der Waals surface area contributed by atoms with Crippen LogP contribution < -0.4 is 10.6 Å². The number of pyridine rings is 1. The molecule has 0 spiro atoms. The van der Waals surface area contributed by atoms with Gasteiger partial charge in [0.05, 0.1) is 5.69 Å². The average molecular weight is 324 g/mol. The van der Waals surface area contributed by atoms with Crippen molar-refractivity contribution in [3.63, 3.8) is 0 Å². The lowest BCUT2D eigenvalue weighted by atomic mass is 10.1. The molecule has 4 heterocycles. The van der Waals surface area contributed by atoms with Gasteiger partial charge in [-0.1, -0.05) is 6.07 Å². The van der Waals surface area contributed by atoms with Crippen LogP contribution in [0.25, 0.3) is 0 Å². The molecule has 126 valence electrons. The van der Waals surface area contributed by atoms with E-state index in [0.717, 1.165) is 50.7 Å². The molecule has 4 rings (SSSR count). The van der Waals surface area contributed by atoms with E-state index in [9.17, 15) is 0 Å². The van der Waals surface area contributed by atoms with Gasteiger partial charge in [-0.05, 0) is 25.3 Å². The van der Waals surface area contributed by atoms with E-state index in [-0.39, 0.29) is 0 Å². The number of nitrogens with zero attached hydrogens (tertiary/aromatic N) is 5. The fourth-order valence-corrected chi connectivity index (χ4v) is 3.71. The normalized spacial score (nSPS) is 18.4. The summed E-state index contributed by atoms with van der Waals surface area (Å²) < 4.78 is 0. The molecule has 0 saturated carbocycles. The maximum atomic E-state index is 5.69. The van der Waals surface area contributed by atoms with Crippen molar-refractivity contribution in [3.05, 3.63) is 41.3 Å². The number of hydrogen-bond donors (Lipinski definition) is 1. The SMILES string of the molecule is Nc1ncc2c(n1)CCN(Cc1cccnc1N1CCCCC1)C2. The molecular formula is C18H24N6. The van der Waals surface area contributed by atoms with Crippen LogP contribution in [0.5, 0.6) is 0 Å². The van der Waals surface area contributed by atoms with Crippen LogP contribution in [0, 0.1) is 0 Å². The predicted octanol–water partition coefficient (Wildman–Crippen LogP) is 2.00. The number of aromatic nitrogens is 3. The minimum absolute atomic E-state index is 0.377. The first-order chi connectivity index (χ1) is 11.8. The summed E-state index contributed by atoms with van der Waals surface area (Å²) in [6, 6.07) is 4.26. The fraction of sp³-hybridized carbons (Fsp3) is 0.500. The maximum absolute atomic E-state index is 5.69. The molecule has 6 nitrogen and oxygen atoms in total. The minimum atomic E-state index is 0.377. The number of nitrogens with two attached hydrogens (primary N) is 1. The molecule has 0 aromatic carbocycles. The Hall–Kier alpha value is -2.21. The van der Waals surface area contributed by atoms with Crippen molar-refractivity contribution in [2.24, 2.45) is 0 Å². The van der Waals surface area contributed by atoms with Gasteiger partial charge in [0.2, 0.25) is 5.95 Å². The molecule has 0 unspecified atom stereocenters. The van der Waals surface area contributed by atoms with E-state index in [2.05, 4.69) is 30.8 Å². The van der Waals surface area contributed by atoms with Crippen LogP contribution in [-0.4, -0.2) is 39.5 Å². The number of anilines is 2. The highest BCUT2D eigenvalue weighted by molar-refractivity contribution is 5.47. The molecule has 0 atom stereocenters. The molecule has 0 bridgehead atoms. The van der Waals surface area contributed by atoms with Gasteiger partial charge in [0, 0.05) is 62.7 Å². The summed E-state index contributed by atoms with van der Waals surface area (Å²) in [4.78, 5) is 18.1. The zero-order valence-electron chi connectivity index (χ0n) is 14.0. The average Bonchev–Trinajstić information content (AvgIpc) is 2.63. The van der Waals surface area contributed by atoms with Crippen LogP contribution in [0.15, 0.2) is 24.5 Å². The van der Waals surface area contributed by atoms with Crippen molar-refractivity contribution in [3.8, 4) is 0 Å². The lowest BCUT2D eigenvalue weighted by Crippen LogP contribution is -2.34. The first kappa shape index (κ1) is 15.3. The van der Waals surface area contributed by atoms with E-state index in [1.807, 2.05) is 18.5 Å². The molecule has 0 aliphatic carbocycles. The Kier molecular flexibility index (Phi) is 4.30. The van der Waals surface area contributed by atoms with Crippen LogP contribution in [0.3, 0.4) is 0 Å². The Labute approximate surface area is 142 Å². The molecule has 24 heavy (non-hydrogen) atoms. The largest absolute Gasteiger partial charge is 0.368 e. The second-order valence-corrected chi connectivity index (χ2v) is 6.69. The molecule has 1 fully saturated rings. The molecule has 2 N–H and O–H groups in total. The summed E-state index contributed by atoms with van der Waals surface area (Å²) in [5.74, 6) is 1.54. The highest BCUT2D eigenvalue weighted by Gasteiger charge is 2.21. The van der Waals surface area contributed by atoms with Crippen molar-refractivity contribution in [1.82, 2.24) is 19.9 Å². The number of hydrogen-bond acceptors (Lipinski definition) is 6. The lowest BCUT2D eigenvalue weighted by molar-refractivity contribution is 0.243. The fourth-order valence-electron chi connectivity index (χ4n) is 3.71. The summed E-state index contributed by atoms with van der Waals surface area (Å²) in [6.45, 7) is 5.05. The first-order valence-corrected chi connectivity index (χ1v) is 8.81. The third-order valence-electron chi connectivity index (χ3n) is 4.95. The van der Waals surface area contributed by atoms with Gasteiger partial charge in [-0.2, -0.15) is 0 Å². The molecular weight excluding hydrogens is 300 g/mol. The van der Waals surface area contributed by atoms with E-state index < -0.39 is 0 Å². The second-order valence-electron chi connectivity index (χ2n) is 6.69. The van der Waals surface area contributed by atoms with Gasteiger partial charge in [0.25, 0.3) is 0 Å². The minimum Gasteiger partial charge on any atom is -0.368 e. The van der Waals surface area contributed by atoms with Gasteiger partial charge in [0.1, 0.15) is 5.82 Å². The van der Waals surface area contributed by atoms with Gasteiger partial charge in [-0.25, -0.2) is 15.0 Å². The van der Waals surface area contributed by atoms with Crippen LogP contribution in [0.2, 0.25) is 0 Å². The predicted molar refractivity (Wildman–Crippen MR) is 94.6 cm³/mol. The van der Waals surface area contributed by atoms with E-state index in [0.29, 0.717) is 5.95 Å². The lowest BCUT2D eigenvalue weighted by Gasteiger charge is -2.32. The molecule has 2 aromatic rings. The van der Waals surface area contributed by atoms with Crippen molar-refractivity contribution in [1.29, 1.82) is 0 Å². The Bertz CT molecular complexity index is 710. The van der Waals surface area contributed by atoms with Crippen LogP contribution >= 0.6 is 0 Å². The molecule has 2 aromatic heterocycles. The van der Waals surface area contributed by atoms with Gasteiger partial charge in [0.15, 0.2) is 0 Å². The van der Waals surface area contributed by atoms with E-state index in [4.69, 9.17) is 5.73 Å². The first-order valence-electron chi connectivity index (χ1n) is 8.81. The number of rotatable bonds is 3. The number of fused-ring (bicyclic) bond motifs is 1. The third-order valence-corrected chi connectivity index (χ3v) is 4.95. The zero-order chi connectivity index (χ0) is 16.4.